The molecule has 1 fully saturated rings. The first kappa shape index (κ1) is 14.8. The fourth-order valence-electron chi connectivity index (χ4n) is 2.21. The molecule has 0 bridgehead atoms. The van der Waals surface area contributed by atoms with Gasteiger partial charge < -0.3 is 10.6 Å². The summed E-state index contributed by atoms with van der Waals surface area (Å²) in [5, 5.41) is 7.46. The second-order valence-corrected chi connectivity index (χ2v) is 4.49. The highest BCUT2D eigenvalue weighted by atomic mass is 35.5. The van der Waals surface area contributed by atoms with Crippen LogP contribution in [0.25, 0.3) is 0 Å². The second kappa shape index (κ2) is 7.24. The van der Waals surface area contributed by atoms with Gasteiger partial charge in [0.05, 0.1) is 0 Å². The molecule has 1 saturated heterocycles. The van der Waals surface area contributed by atoms with E-state index in [0.29, 0.717) is 0 Å². The molecule has 0 spiro atoms. The summed E-state index contributed by atoms with van der Waals surface area (Å²) in [5.74, 6) is 0.201. The van der Waals surface area contributed by atoms with Gasteiger partial charge in [-0.2, -0.15) is 0 Å². The van der Waals surface area contributed by atoms with E-state index < -0.39 is 0 Å². The van der Waals surface area contributed by atoms with E-state index in [-0.39, 0.29) is 18.4 Å². The van der Waals surface area contributed by atoms with Crippen LogP contribution < -0.4 is 5.73 Å². The van der Waals surface area contributed by atoms with Crippen LogP contribution in [-0.4, -0.2) is 41.9 Å². The fraction of sp³-hybridized carbons (Fsp3) is 0.462. The lowest BCUT2D eigenvalue weighted by atomic mass is 10.2. The molecular weight excluding hydrogens is 248 g/mol. The lowest BCUT2D eigenvalue weighted by Crippen LogP contribution is -2.39. The summed E-state index contributed by atoms with van der Waals surface area (Å²) in [7, 11) is 0. The van der Waals surface area contributed by atoms with E-state index in [1.165, 1.54) is 5.56 Å². The molecule has 1 aromatic carbocycles. The van der Waals surface area contributed by atoms with Crippen LogP contribution in [0.1, 0.15) is 12.0 Å². The molecule has 100 valence electrons. The summed E-state index contributed by atoms with van der Waals surface area (Å²) < 4.78 is 0. The SMILES string of the molecule is Cl.N=C(N)N1CCCN(Cc2ccccc2)CC1. The molecule has 0 aliphatic carbocycles. The minimum absolute atomic E-state index is 0. The van der Waals surface area contributed by atoms with Gasteiger partial charge in [0, 0.05) is 32.7 Å². The highest BCUT2D eigenvalue weighted by molar-refractivity contribution is 5.85. The van der Waals surface area contributed by atoms with E-state index in [1.807, 2.05) is 11.0 Å². The first-order valence-electron chi connectivity index (χ1n) is 6.11. The van der Waals surface area contributed by atoms with Crippen molar-refractivity contribution < 1.29 is 0 Å². The van der Waals surface area contributed by atoms with E-state index in [9.17, 15) is 0 Å². The van der Waals surface area contributed by atoms with Crippen molar-refractivity contribution in [2.45, 2.75) is 13.0 Å². The molecule has 4 nitrogen and oxygen atoms in total. The van der Waals surface area contributed by atoms with Crippen molar-refractivity contribution >= 4 is 18.4 Å². The number of nitrogens with zero attached hydrogens (tertiary/aromatic N) is 2. The Bertz CT molecular complexity index is 369. The zero-order valence-corrected chi connectivity index (χ0v) is 11.3. The van der Waals surface area contributed by atoms with Gasteiger partial charge in [0.2, 0.25) is 0 Å². The van der Waals surface area contributed by atoms with Gasteiger partial charge in [-0.05, 0) is 12.0 Å². The van der Waals surface area contributed by atoms with E-state index in [2.05, 4.69) is 29.2 Å². The summed E-state index contributed by atoms with van der Waals surface area (Å²) >= 11 is 0. The average molecular weight is 269 g/mol. The van der Waals surface area contributed by atoms with Gasteiger partial charge in [-0.3, -0.25) is 10.3 Å². The maximum absolute atomic E-state index is 7.46. The molecule has 0 unspecified atom stereocenters. The minimum atomic E-state index is 0. The number of guanidine groups is 1. The Hall–Kier alpha value is -1.26. The topological polar surface area (TPSA) is 56.4 Å². The van der Waals surface area contributed by atoms with Gasteiger partial charge in [0.1, 0.15) is 0 Å². The molecule has 0 saturated carbocycles. The molecule has 2 rings (SSSR count). The molecule has 5 heteroatoms. The van der Waals surface area contributed by atoms with E-state index in [4.69, 9.17) is 11.1 Å². The number of rotatable bonds is 2. The molecule has 0 aromatic heterocycles. The Morgan fingerprint density at radius 1 is 1.11 bits per heavy atom. The Kier molecular flexibility index (Phi) is 5.95. The smallest absolute Gasteiger partial charge is 0.188 e. The van der Waals surface area contributed by atoms with Gasteiger partial charge >= 0.3 is 0 Å². The standard InChI is InChI=1S/C13H20N4.ClH/c14-13(15)17-8-4-7-16(9-10-17)11-12-5-2-1-3-6-12;/h1-3,5-6H,4,7-11H2,(H3,14,15);1H. The van der Waals surface area contributed by atoms with E-state index in [1.54, 1.807) is 0 Å². The predicted octanol–water partition coefficient (Wildman–Crippen LogP) is 1.51. The molecule has 18 heavy (non-hydrogen) atoms. The third-order valence-corrected chi connectivity index (χ3v) is 3.18. The first-order chi connectivity index (χ1) is 8.25. The van der Waals surface area contributed by atoms with Crippen molar-refractivity contribution in [3.63, 3.8) is 0 Å². The maximum atomic E-state index is 7.46. The monoisotopic (exact) mass is 268 g/mol. The van der Waals surface area contributed by atoms with Gasteiger partial charge in [-0.15, -0.1) is 12.4 Å². The Balaban J connectivity index is 0.00000162. The van der Waals surface area contributed by atoms with Crippen LogP contribution in [0.3, 0.4) is 0 Å². The molecule has 1 aromatic rings. The van der Waals surface area contributed by atoms with Crippen molar-refractivity contribution in [2.24, 2.45) is 5.73 Å². The number of halogens is 1. The van der Waals surface area contributed by atoms with Crippen molar-refractivity contribution in [3.8, 4) is 0 Å². The zero-order chi connectivity index (χ0) is 12.1. The number of hydrogen-bond acceptors (Lipinski definition) is 2. The minimum Gasteiger partial charge on any atom is -0.370 e. The summed E-state index contributed by atoms with van der Waals surface area (Å²) in [5.41, 5.74) is 6.88. The lowest BCUT2D eigenvalue weighted by Gasteiger charge is -2.21. The summed E-state index contributed by atoms with van der Waals surface area (Å²) in [6.45, 7) is 4.82. The van der Waals surface area contributed by atoms with Gasteiger partial charge in [0.25, 0.3) is 0 Å². The number of benzene rings is 1. The van der Waals surface area contributed by atoms with Crippen molar-refractivity contribution in [1.29, 1.82) is 5.41 Å². The Morgan fingerprint density at radius 2 is 1.83 bits per heavy atom. The molecule has 1 aliphatic heterocycles. The van der Waals surface area contributed by atoms with Crippen molar-refractivity contribution in [2.75, 3.05) is 26.2 Å². The van der Waals surface area contributed by atoms with Crippen LogP contribution in [0.4, 0.5) is 0 Å². The molecule has 0 radical (unpaired) electrons. The summed E-state index contributed by atoms with van der Waals surface area (Å²) in [6, 6.07) is 10.5. The Morgan fingerprint density at radius 3 is 2.50 bits per heavy atom. The van der Waals surface area contributed by atoms with Crippen LogP contribution in [0.5, 0.6) is 0 Å². The molecule has 0 amide bonds. The van der Waals surface area contributed by atoms with E-state index in [0.717, 1.165) is 39.1 Å². The molecule has 0 atom stereocenters. The van der Waals surface area contributed by atoms with Crippen LogP contribution in [0.15, 0.2) is 30.3 Å². The number of nitrogens with one attached hydrogen (secondary N) is 1. The first-order valence-corrected chi connectivity index (χ1v) is 6.11. The summed E-state index contributed by atoms with van der Waals surface area (Å²) in [4.78, 5) is 4.38. The van der Waals surface area contributed by atoms with E-state index >= 15 is 0 Å². The highest BCUT2D eigenvalue weighted by Crippen LogP contribution is 2.08. The van der Waals surface area contributed by atoms with Crippen LogP contribution >= 0.6 is 12.4 Å². The normalized spacial score (nSPS) is 16.8. The summed E-state index contributed by atoms with van der Waals surface area (Å²) in [6.07, 6.45) is 1.08. The van der Waals surface area contributed by atoms with Gasteiger partial charge in [0.15, 0.2) is 5.96 Å². The average Bonchev–Trinajstić information content (AvgIpc) is 2.56. The third-order valence-electron chi connectivity index (χ3n) is 3.18. The van der Waals surface area contributed by atoms with Gasteiger partial charge in [-0.25, -0.2) is 0 Å². The number of nitrogens with two attached hydrogens (primary N) is 1. The Labute approximate surface area is 115 Å². The largest absolute Gasteiger partial charge is 0.370 e. The van der Waals surface area contributed by atoms with Crippen molar-refractivity contribution in [1.82, 2.24) is 9.80 Å². The molecule has 3 N–H and O–H groups in total. The third kappa shape index (κ3) is 4.20. The van der Waals surface area contributed by atoms with Crippen LogP contribution in [-0.2, 0) is 6.54 Å². The lowest BCUT2D eigenvalue weighted by molar-refractivity contribution is 0.277. The van der Waals surface area contributed by atoms with Crippen LogP contribution in [0, 0.1) is 5.41 Å². The molecule has 1 heterocycles. The van der Waals surface area contributed by atoms with Crippen molar-refractivity contribution in [3.05, 3.63) is 35.9 Å². The zero-order valence-electron chi connectivity index (χ0n) is 10.5. The fourth-order valence-corrected chi connectivity index (χ4v) is 2.21. The highest BCUT2D eigenvalue weighted by Gasteiger charge is 2.15. The van der Waals surface area contributed by atoms with Crippen LogP contribution in [0.2, 0.25) is 0 Å². The molecular formula is C13H21ClN4. The molecule has 1 aliphatic rings. The van der Waals surface area contributed by atoms with Gasteiger partial charge in [-0.1, -0.05) is 30.3 Å². The second-order valence-electron chi connectivity index (χ2n) is 4.49. The quantitative estimate of drug-likeness (QED) is 0.632. The maximum Gasteiger partial charge on any atom is 0.188 e. The predicted molar refractivity (Wildman–Crippen MR) is 77.1 cm³/mol. The number of hydrogen-bond donors (Lipinski definition) is 2.